The Balaban J connectivity index is 1.79. The molecule has 0 spiro atoms. The van der Waals surface area contributed by atoms with Crippen molar-refractivity contribution in [3.8, 4) is 10.4 Å². The summed E-state index contributed by atoms with van der Waals surface area (Å²) < 4.78 is 53.2. The highest BCUT2D eigenvalue weighted by Gasteiger charge is 2.50. The lowest BCUT2D eigenvalue weighted by atomic mass is 9.97. The van der Waals surface area contributed by atoms with Crippen LogP contribution in [-0.4, -0.2) is 69.5 Å². The minimum atomic E-state index is -3.99. The van der Waals surface area contributed by atoms with Crippen LogP contribution in [-0.2, 0) is 29.6 Å². The summed E-state index contributed by atoms with van der Waals surface area (Å²) in [6.45, 7) is -0.296. The molecule has 2 heterocycles. The Hall–Kier alpha value is -2.35. The standard InChI is InChI=1S/C23H27N3O6S3/c1-25(2)35(31,32)26-12-11-23(16-22(27)24-28,34(29,30)14-13-26)21-10-9-20(33-21)19-8-7-17-5-3-4-6-18(17)15-19/h3-10,15,28H,11-14,16H2,1-2H3,(H,24,27). The highest BCUT2D eigenvalue weighted by molar-refractivity contribution is 7.92. The van der Waals surface area contributed by atoms with Crippen LogP contribution in [0.3, 0.4) is 0 Å². The van der Waals surface area contributed by atoms with Crippen LogP contribution in [0.25, 0.3) is 21.2 Å². The van der Waals surface area contributed by atoms with Crippen LogP contribution in [0.2, 0.25) is 0 Å². The number of hydroxylamine groups is 1. The van der Waals surface area contributed by atoms with Crippen LogP contribution in [0.15, 0.2) is 54.6 Å². The molecule has 1 saturated heterocycles. The van der Waals surface area contributed by atoms with Crippen molar-refractivity contribution in [2.75, 3.05) is 32.9 Å². The summed E-state index contributed by atoms with van der Waals surface area (Å²) in [5, 5.41) is 11.3. The van der Waals surface area contributed by atoms with Crippen LogP contribution in [0.5, 0.6) is 0 Å². The molecule has 1 aromatic heterocycles. The summed E-state index contributed by atoms with van der Waals surface area (Å²) in [5.41, 5.74) is 2.45. The van der Waals surface area contributed by atoms with Crippen molar-refractivity contribution in [3.05, 3.63) is 59.5 Å². The van der Waals surface area contributed by atoms with Crippen molar-refractivity contribution in [1.82, 2.24) is 14.1 Å². The van der Waals surface area contributed by atoms with Crippen LogP contribution in [0, 0.1) is 0 Å². The summed E-state index contributed by atoms with van der Waals surface area (Å²) in [6.07, 6.45) is -0.632. The number of nitrogens with one attached hydrogen (secondary N) is 1. The largest absolute Gasteiger partial charge is 0.289 e. The van der Waals surface area contributed by atoms with Crippen molar-refractivity contribution in [2.24, 2.45) is 0 Å². The number of nitrogens with zero attached hydrogens (tertiary/aromatic N) is 2. The highest BCUT2D eigenvalue weighted by Crippen LogP contribution is 2.45. The van der Waals surface area contributed by atoms with E-state index in [0.717, 1.165) is 29.8 Å². The van der Waals surface area contributed by atoms with E-state index in [4.69, 9.17) is 0 Å². The SMILES string of the molecule is CN(C)S(=O)(=O)N1CCC(CC(=O)NO)(c2ccc(-c3ccc4ccccc4c3)s2)S(=O)(=O)CC1. The molecule has 1 aliphatic heterocycles. The van der Waals surface area contributed by atoms with Crippen LogP contribution >= 0.6 is 11.3 Å². The molecule has 0 bridgehead atoms. The molecule has 2 aromatic carbocycles. The Morgan fingerprint density at radius 1 is 1.11 bits per heavy atom. The Bertz CT molecular complexity index is 1470. The van der Waals surface area contributed by atoms with E-state index in [1.807, 2.05) is 48.5 Å². The number of amides is 1. The van der Waals surface area contributed by atoms with Crippen molar-refractivity contribution in [1.29, 1.82) is 0 Å². The average molecular weight is 538 g/mol. The fraction of sp³-hybridized carbons (Fsp3) is 0.348. The predicted molar refractivity (Wildman–Crippen MR) is 136 cm³/mol. The molecular formula is C23H27N3O6S3. The van der Waals surface area contributed by atoms with Gasteiger partial charge in [-0.15, -0.1) is 11.3 Å². The first kappa shape index (κ1) is 25.7. The van der Waals surface area contributed by atoms with Gasteiger partial charge in [0.2, 0.25) is 5.91 Å². The minimum absolute atomic E-state index is 0.0817. The number of hydrogen-bond donors (Lipinski definition) is 2. The Kier molecular flexibility index (Phi) is 7.06. The Morgan fingerprint density at radius 2 is 1.83 bits per heavy atom. The van der Waals surface area contributed by atoms with Gasteiger partial charge in [0, 0.05) is 36.9 Å². The molecule has 1 atom stereocenters. The smallest absolute Gasteiger partial charge is 0.281 e. The van der Waals surface area contributed by atoms with E-state index in [9.17, 15) is 26.8 Å². The van der Waals surface area contributed by atoms with Gasteiger partial charge in [-0.25, -0.2) is 13.9 Å². The highest BCUT2D eigenvalue weighted by atomic mass is 32.2. The Labute approximate surface area is 209 Å². The number of fused-ring (bicyclic) bond motifs is 1. The molecule has 0 aliphatic carbocycles. The van der Waals surface area contributed by atoms with E-state index in [1.54, 1.807) is 11.5 Å². The van der Waals surface area contributed by atoms with Gasteiger partial charge in [0.15, 0.2) is 9.84 Å². The predicted octanol–water partition coefficient (Wildman–Crippen LogP) is 2.59. The van der Waals surface area contributed by atoms with E-state index in [1.165, 1.54) is 25.4 Å². The molecule has 188 valence electrons. The normalized spacial score (nSPS) is 21.1. The van der Waals surface area contributed by atoms with Crippen LogP contribution < -0.4 is 5.48 Å². The molecule has 12 heteroatoms. The van der Waals surface area contributed by atoms with Gasteiger partial charge in [-0.1, -0.05) is 36.4 Å². The maximum atomic E-state index is 13.6. The molecule has 0 saturated carbocycles. The zero-order chi connectivity index (χ0) is 25.4. The van der Waals surface area contributed by atoms with Gasteiger partial charge < -0.3 is 0 Å². The van der Waals surface area contributed by atoms with E-state index in [0.29, 0.717) is 4.88 Å². The molecular weight excluding hydrogens is 510 g/mol. The topological polar surface area (TPSA) is 124 Å². The first-order valence-electron chi connectivity index (χ1n) is 10.9. The number of hydrogen-bond acceptors (Lipinski definition) is 7. The average Bonchev–Trinajstić information content (AvgIpc) is 3.28. The van der Waals surface area contributed by atoms with Gasteiger partial charge in [-0.3, -0.25) is 10.0 Å². The van der Waals surface area contributed by atoms with E-state index < -0.39 is 42.9 Å². The molecule has 2 N–H and O–H groups in total. The van der Waals surface area contributed by atoms with Gasteiger partial charge in [-0.2, -0.15) is 17.0 Å². The summed E-state index contributed by atoms with van der Waals surface area (Å²) in [7, 11) is -5.06. The summed E-state index contributed by atoms with van der Waals surface area (Å²) in [4.78, 5) is 13.6. The van der Waals surface area contributed by atoms with Gasteiger partial charge in [0.25, 0.3) is 10.2 Å². The zero-order valence-electron chi connectivity index (χ0n) is 19.3. The lowest BCUT2D eigenvalue weighted by Gasteiger charge is -2.30. The number of benzene rings is 2. The Morgan fingerprint density at radius 3 is 2.51 bits per heavy atom. The van der Waals surface area contributed by atoms with Crippen molar-refractivity contribution >= 4 is 48.1 Å². The number of sulfone groups is 1. The molecule has 35 heavy (non-hydrogen) atoms. The summed E-state index contributed by atoms with van der Waals surface area (Å²) in [5.74, 6) is -1.29. The van der Waals surface area contributed by atoms with Crippen LogP contribution in [0.4, 0.5) is 0 Å². The third-order valence-corrected chi connectivity index (χ3v) is 12.3. The van der Waals surface area contributed by atoms with Gasteiger partial charge in [-0.05, 0) is 41.0 Å². The lowest BCUT2D eigenvalue weighted by Crippen LogP contribution is -2.42. The van der Waals surface area contributed by atoms with Gasteiger partial charge in [0.1, 0.15) is 4.75 Å². The minimum Gasteiger partial charge on any atom is -0.289 e. The maximum absolute atomic E-state index is 13.6. The second kappa shape index (κ2) is 9.60. The lowest BCUT2D eigenvalue weighted by molar-refractivity contribution is -0.129. The number of carbonyl (C=O) groups excluding carboxylic acids is 1. The molecule has 3 aromatic rings. The number of carbonyl (C=O) groups is 1. The molecule has 1 unspecified atom stereocenters. The first-order valence-corrected chi connectivity index (χ1v) is 14.8. The number of rotatable bonds is 6. The van der Waals surface area contributed by atoms with Gasteiger partial charge >= 0.3 is 0 Å². The summed E-state index contributed by atoms with van der Waals surface area (Å²) >= 11 is 1.26. The third kappa shape index (κ3) is 4.74. The van der Waals surface area contributed by atoms with E-state index in [-0.39, 0.29) is 19.5 Å². The quantitative estimate of drug-likeness (QED) is 0.368. The monoisotopic (exact) mass is 537 g/mol. The molecule has 1 fully saturated rings. The molecule has 9 nitrogen and oxygen atoms in total. The van der Waals surface area contributed by atoms with E-state index >= 15 is 0 Å². The zero-order valence-corrected chi connectivity index (χ0v) is 21.8. The maximum Gasteiger partial charge on any atom is 0.281 e. The molecule has 0 radical (unpaired) electrons. The fourth-order valence-electron chi connectivity index (χ4n) is 4.39. The second-order valence-electron chi connectivity index (χ2n) is 8.69. The van der Waals surface area contributed by atoms with Crippen LogP contribution in [0.1, 0.15) is 17.7 Å². The fourth-order valence-corrected chi connectivity index (χ4v) is 9.21. The summed E-state index contributed by atoms with van der Waals surface area (Å²) in [6, 6.07) is 17.4. The molecule has 1 aliphatic rings. The second-order valence-corrected chi connectivity index (χ2v) is 14.3. The van der Waals surface area contributed by atoms with Crippen molar-refractivity contribution < 1.29 is 26.8 Å². The first-order chi connectivity index (χ1) is 16.5. The number of thiophene rings is 1. The van der Waals surface area contributed by atoms with E-state index in [2.05, 4.69) is 0 Å². The molecule has 1 amide bonds. The third-order valence-electron chi connectivity index (χ3n) is 6.42. The van der Waals surface area contributed by atoms with Crippen molar-refractivity contribution in [3.63, 3.8) is 0 Å². The van der Waals surface area contributed by atoms with Crippen molar-refractivity contribution in [2.45, 2.75) is 17.6 Å². The van der Waals surface area contributed by atoms with Gasteiger partial charge in [0.05, 0.1) is 12.2 Å². The molecule has 4 rings (SSSR count).